The SMILES string of the molecule is Cc1ccc(CN(C(=O)C(C)(N)C2CC2)C(C)C)o1. The van der Waals surface area contributed by atoms with Crippen molar-refractivity contribution in [3.63, 3.8) is 0 Å². The van der Waals surface area contributed by atoms with E-state index in [0.29, 0.717) is 12.5 Å². The standard InChI is InChI=1S/C15H24N2O2/c1-10(2)17(9-13-8-5-11(3)19-13)14(18)15(4,16)12-6-7-12/h5,8,10,12H,6-7,9,16H2,1-4H3. The zero-order chi connectivity index (χ0) is 14.2. The van der Waals surface area contributed by atoms with E-state index in [2.05, 4.69) is 0 Å². The molecule has 1 amide bonds. The summed E-state index contributed by atoms with van der Waals surface area (Å²) in [6.07, 6.45) is 2.12. The number of aryl methyl sites for hydroxylation is 1. The molecular weight excluding hydrogens is 240 g/mol. The maximum absolute atomic E-state index is 12.7. The Hall–Kier alpha value is -1.29. The van der Waals surface area contributed by atoms with Gasteiger partial charge in [-0.2, -0.15) is 0 Å². The predicted octanol–water partition coefficient (Wildman–Crippen LogP) is 2.45. The zero-order valence-corrected chi connectivity index (χ0v) is 12.3. The van der Waals surface area contributed by atoms with Crippen LogP contribution in [-0.2, 0) is 11.3 Å². The fourth-order valence-electron chi connectivity index (χ4n) is 2.39. The van der Waals surface area contributed by atoms with E-state index in [1.54, 1.807) is 0 Å². The molecule has 1 aliphatic carbocycles. The van der Waals surface area contributed by atoms with Gasteiger partial charge in [0.25, 0.3) is 0 Å². The van der Waals surface area contributed by atoms with Crippen LogP contribution < -0.4 is 5.73 Å². The minimum absolute atomic E-state index is 0.0269. The summed E-state index contributed by atoms with van der Waals surface area (Å²) in [5.74, 6) is 2.04. The highest BCUT2D eigenvalue weighted by Crippen LogP contribution is 2.39. The Bertz CT molecular complexity index is 458. The molecule has 1 unspecified atom stereocenters. The Balaban J connectivity index is 2.13. The van der Waals surface area contributed by atoms with Crippen molar-refractivity contribution in [3.05, 3.63) is 23.7 Å². The third kappa shape index (κ3) is 3.00. The van der Waals surface area contributed by atoms with Gasteiger partial charge in [-0.05, 0) is 58.6 Å². The zero-order valence-electron chi connectivity index (χ0n) is 12.3. The summed E-state index contributed by atoms with van der Waals surface area (Å²) in [5, 5.41) is 0. The van der Waals surface area contributed by atoms with Gasteiger partial charge >= 0.3 is 0 Å². The van der Waals surface area contributed by atoms with Crippen molar-refractivity contribution in [3.8, 4) is 0 Å². The molecule has 1 aromatic rings. The van der Waals surface area contributed by atoms with E-state index < -0.39 is 5.54 Å². The number of nitrogens with two attached hydrogens (primary N) is 1. The highest BCUT2D eigenvalue weighted by Gasteiger charge is 2.46. The number of nitrogens with zero attached hydrogens (tertiary/aromatic N) is 1. The van der Waals surface area contributed by atoms with Crippen LogP contribution in [-0.4, -0.2) is 22.4 Å². The van der Waals surface area contributed by atoms with Crippen LogP contribution in [0.3, 0.4) is 0 Å². The number of carbonyl (C=O) groups is 1. The molecule has 1 saturated carbocycles. The molecule has 2 N–H and O–H groups in total. The first kappa shape index (κ1) is 14.1. The van der Waals surface area contributed by atoms with Gasteiger partial charge in [-0.1, -0.05) is 0 Å². The molecule has 4 nitrogen and oxygen atoms in total. The van der Waals surface area contributed by atoms with Gasteiger partial charge in [0.15, 0.2) is 0 Å². The Labute approximate surface area is 114 Å². The molecular formula is C15H24N2O2. The van der Waals surface area contributed by atoms with Crippen LogP contribution in [0.4, 0.5) is 0 Å². The second-order valence-corrected chi connectivity index (χ2v) is 6.10. The Morgan fingerprint density at radius 2 is 2.16 bits per heavy atom. The summed E-state index contributed by atoms with van der Waals surface area (Å²) < 4.78 is 5.57. The minimum Gasteiger partial charge on any atom is -0.464 e. The first-order valence-corrected chi connectivity index (χ1v) is 6.97. The fraction of sp³-hybridized carbons (Fsp3) is 0.667. The summed E-state index contributed by atoms with van der Waals surface area (Å²) in [6.45, 7) is 8.27. The summed E-state index contributed by atoms with van der Waals surface area (Å²) in [4.78, 5) is 14.5. The van der Waals surface area contributed by atoms with E-state index in [1.165, 1.54) is 0 Å². The minimum atomic E-state index is -0.744. The van der Waals surface area contributed by atoms with Crippen molar-refractivity contribution < 1.29 is 9.21 Å². The third-order valence-electron chi connectivity index (χ3n) is 3.89. The normalized spacial score (nSPS) is 18.4. The molecule has 0 saturated heterocycles. The highest BCUT2D eigenvalue weighted by atomic mass is 16.3. The second-order valence-electron chi connectivity index (χ2n) is 6.10. The van der Waals surface area contributed by atoms with E-state index in [1.807, 2.05) is 44.7 Å². The van der Waals surface area contributed by atoms with Crippen molar-refractivity contribution in [2.45, 2.75) is 58.7 Å². The number of amides is 1. The molecule has 0 aliphatic heterocycles. The maximum atomic E-state index is 12.7. The number of carbonyl (C=O) groups excluding carboxylic acids is 1. The van der Waals surface area contributed by atoms with Crippen LogP contribution in [0.25, 0.3) is 0 Å². The van der Waals surface area contributed by atoms with Crippen molar-refractivity contribution in [2.24, 2.45) is 11.7 Å². The molecule has 4 heteroatoms. The Morgan fingerprint density at radius 1 is 1.53 bits per heavy atom. The van der Waals surface area contributed by atoms with E-state index >= 15 is 0 Å². The molecule has 1 aromatic heterocycles. The van der Waals surface area contributed by atoms with Gasteiger partial charge in [0.05, 0.1) is 12.1 Å². The van der Waals surface area contributed by atoms with Gasteiger partial charge in [-0.15, -0.1) is 0 Å². The fourth-order valence-corrected chi connectivity index (χ4v) is 2.39. The number of hydrogen-bond acceptors (Lipinski definition) is 3. The Kier molecular flexibility index (Phi) is 3.72. The average Bonchev–Trinajstić information content (AvgIpc) is 3.10. The lowest BCUT2D eigenvalue weighted by molar-refractivity contribution is -0.140. The second kappa shape index (κ2) is 5.00. The summed E-state index contributed by atoms with van der Waals surface area (Å²) >= 11 is 0. The molecule has 0 spiro atoms. The molecule has 1 fully saturated rings. The first-order chi connectivity index (χ1) is 8.82. The van der Waals surface area contributed by atoms with Crippen LogP contribution >= 0.6 is 0 Å². The van der Waals surface area contributed by atoms with Gasteiger partial charge in [-0.25, -0.2) is 0 Å². The molecule has 0 radical (unpaired) electrons. The lowest BCUT2D eigenvalue weighted by atomic mass is 9.94. The molecule has 19 heavy (non-hydrogen) atoms. The van der Waals surface area contributed by atoms with E-state index in [9.17, 15) is 4.79 Å². The average molecular weight is 264 g/mol. The monoisotopic (exact) mass is 264 g/mol. The van der Waals surface area contributed by atoms with Crippen LogP contribution in [0.2, 0.25) is 0 Å². The first-order valence-electron chi connectivity index (χ1n) is 6.97. The van der Waals surface area contributed by atoms with Crippen molar-refractivity contribution in [1.29, 1.82) is 0 Å². The van der Waals surface area contributed by atoms with Crippen LogP contribution in [0.15, 0.2) is 16.5 Å². The third-order valence-corrected chi connectivity index (χ3v) is 3.89. The molecule has 1 atom stereocenters. The van der Waals surface area contributed by atoms with Crippen LogP contribution in [0.5, 0.6) is 0 Å². The molecule has 1 aliphatic rings. The van der Waals surface area contributed by atoms with Crippen LogP contribution in [0.1, 0.15) is 45.1 Å². The van der Waals surface area contributed by atoms with Crippen LogP contribution in [0, 0.1) is 12.8 Å². The number of hydrogen-bond donors (Lipinski definition) is 1. The van der Waals surface area contributed by atoms with Gasteiger partial charge in [0, 0.05) is 6.04 Å². The molecule has 0 aromatic carbocycles. The summed E-state index contributed by atoms with van der Waals surface area (Å²) in [5.41, 5.74) is 5.50. The lowest BCUT2D eigenvalue weighted by Gasteiger charge is -2.34. The smallest absolute Gasteiger partial charge is 0.243 e. The van der Waals surface area contributed by atoms with Gasteiger partial charge < -0.3 is 15.1 Å². The van der Waals surface area contributed by atoms with Gasteiger partial charge in [0.2, 0.25) is 5.91 Å². The van der Waals surface area contributed by atoms with E-state index in [-0.39, 0.29) is 11.9 Å². The number of rotatable bonds is 5. The topological polar surface area (TPSA) is 59.5 Å². The summed E-state index contributed by atoms with van der Waals surface area (Å²) in [6, 6.07) is 3.95. The lowest BCUT2D eigenvalue weighted by Crippen LogP contribution is -2.56. The summed E-state index contributed by atoms with van der Waals surface area (Å²) in [7, 11) is 0. The van der Waals surface area contributed by atoms with E-state index in [4.69, 9.17) is 10.2 Å². The highest BCUT2D eigenvalue weighted by molar-refractivity contribution is 5.86. The molecule has 1 heterocycles. The van der Waals surface area contributed by atoms with Crippen molar-refractivity contribution in [2.75, 3.05) is 0 Å². The largest absolute Gasteiger partial charge is 0.464 e. The van der Waals surface area contributed by atoms with Gasteiger partial charge in [0.1, 0.15) is 11.5 Å². The molecule has 0 bridgehead atoms. The van der Waals surface area contributed by atoms with Gasteiger partial charge in [-0.3, -0.25) is 4.79 Å². The molecule has 2 rings (SSSR count). The molecule has 106 valence electrons. The van der Waals surface area contributed by atoms with Crippen molar-refractivity contribution in [1.82, 2.24) is 4.90 Å². The van der Waals surface area contributed by atoms with E-state index in [0.717, 1.165) is 24.4 Å². The number of furan rings is 1. The quantitative estimate of drug-likeness (QED) is 0.888. The maximum Gasteiger partial charge on any atom is 0.243 e. The predicted molar refractivity (Wildman–Crippen MR) is 74.4 cm³/mol. The van der Waals surface area contributed by atoms with Crippen molar-refractivity contribution >= 4 is 5.91 Å². The Morgan fingerprint density at radius 3 is 2.58 bits per heavy atom.